The Morgan fingerprint density at radius 3 is 2.67 bits per heavy atom. The summed E-state index contributed by atoms with van der Waals surface area (Å²) in [6.07, 6.45) is 9.10. The Morgan fingerprint density at radius 1 is 1.17 bits per heavy atom. The van der Waals surface area contributed by atoms with Gasteiger partial charge in [-0.15, -0.1) is 0 Å². The SMILES string of the molecule is COc1ccc(OC)c([C@H]2[C@@H](O)C=CC=C3[C@@H]2CCCC3(C)C)c1. The number of hydrogen-bond donors (Lipinski definition) is 1. The van der Waals surface area contributed by atoms with Crippen molar-refractivity contribution in [1.82, 2.24) is 0 Å². The molecule has 1 aromatic rings. The van der Waals surface area contributed by atoms with Gasteiger partial charge in [-0.25, -0.2) is 0 Å². The van der Waals surface area contributed by atoms with Gasteiger partial charge in [0, 0.05) is 11.5 Å². The van der Waals surface area contributed by atoms with Gasteiger partial charge in [-0.05, 0) is 42.4 Å². The maximum atomic E-state index is 10.9. The summed E-state index contributed by atoms with van der Waals surface area (Å²) in [7, 11) is 3.36. The van der Waals surface area contributed by atoms with Crippen LogP contribution in [-0.4, -0.2) is 25.4 Å². The third kappa shape index (κ3) is 2.98. The van der Waals surface area contributed by atoms with Crippen molar-refractivity contribution in [3.63, 3.8) is 0 Å². The first-order chi connectivity index (χ1) is 11.5. The summed E-state index contributed by atoms with van der Waals surface area (Å²) in [5.74, 6) is 1.92. The highest BCUT2D eigenvalue weighted by Crippen LogP contribution is 2.52. The molecule has 130 valence electrons. The second kappa shape index (κ2) is 6.64. The summed E-state index contributed by atoms with van der Waals surface area (Å²) >= 11 is 0. The molecule has 1 saturated carbocycles. The van der Waals surface area contributed by atoms with Crippen LogP contribution in [-0.2, 0) is 0 Å². The van der Waals surface area contributed by atoms with Crippen LogP contribution in [0, 0.1) is 11.3 Å². The van der Waals surface area contributed by atoms with E-state index in [-0.39, 0.29) is 11.3 Å². The zero-order valence-corrected chi connectivity index (χ0v) is 15.1. The van der Waals surface area contributed by atoms with Gasteiger partial charge >= 0.3 is 0 Å². The number of methoxy groups -OCH3 is 2. The van der Waals surface area contributed by atoms with Crippen LogP contribution in [0.3, 0.4) is 0 Å². The van der Waals surface area contributed by atoms with E-state index in [1.807, 2.05) is 30.4 Å². The minimum atomic E-state index is -0.529. The molecule has 3 rings (SSSR count). The molecular weight excluding hydrogens is 300 g/mol. The van der Waals surface area contributed by atoms with Crippen molar-refractivity contribution in [2.24, 2.45) is 11.3 Å². The summed E-state index contributed by atoms with van der Waals surface area (Å²) < 4.78 is 11.0. The minimum absolute atomic E-state index is 0.0142. The third-order valence-electron chi connectivity index (χ3n) is 5.68. The van der Waals surface area contributed by atoms with Crippen molar-refractivity contribution in [2.45, 2.75) is 45.1 Å². The van der Waals surface area contributed by atoms with E-state index >= 15 is 0 Å². The standard InChI is InChI=1S/C21H28O3/c1-21(2)12-6-7-15-17(21)8-5-9-18(22)20(15)16-13-14(23-3)10-11-19(16)24-4/h5,8-11,13,15,18,20,22H,6-7,12H2,1-4H3/t15-,18-,20-/m0/s1. The summed E-state index contributed by atoms with van der Waals surface area (Å²) in [6, 6.07) is 5.86. The van der Waals surface area contributed by atoms with Crippen LogP contribution >= 0.6 is 0 Å². The summed E-state index contributed by atoms with van der Waals surface area (Å²) in [5.41, 5.74) is 2.64. The number of fused-ring (bicyclic) bond motifs is 1. The molecule has 1 fully saturated rings. The second-order valence-electron chi connectivity index (χ2n) is 7.51. The van der Waals surface area contributed by atoms with E-state index in [0.717, 1.165) is 23.5 Å². The first-order valence-electron chi connectivity index (χ1n) is 8.77. The quantitative estimate of drug-likeness (QED) is 0.889. The van der Waals surface area contributed by atoms with Crippen molar-refractivity contribution >= 4 is 0 Å². The lowest BCUT2D eigenvalue weighted by Crippen LogP contribution is -2.33. The molecule has 24 heavy (non-hydrogen) atoms. The molecule has 0 bridgehead atoms. The molecule has 0 amide bonds. The summed E-state index contributed by atoms with van der Waals surface area (Å²) in [6.45, 7) is 4.63. The van der Waals surface area contributed by atoms with Crippen molar-refractivity contribution < 1.29 is 14.6 Å². The average Bonchev–Trinajstić information content (AvgIpc) is 2.73. The van der Waals surface area contributed by atoms with Crippen LogP contribution in [0.1, 0.15) is 44.6 Å². The topological polar surface area (TPSA) is 38.7 Å². The monoisotopic (exact) mass is 328 g/mol. The molecule has 1 aromatic carbocycles. The van der Waals surface area contributed by atoms with Crippen LogP contribution < -0.4 is 9.47 Å². The number of benzene rings is 1. The predicted octanol–water partition coefficient (Wildman–Crippen LogP) is 4.47. The Morgan fingerprint density at radius 2 is 1.96 bits per heavy atom. The van der Waals surface area contributed by atoms with Gasteiger partial charge in [0.05, 0.1) is 20.3 Å². The Labute approximate surface area is 145 Å². The largest absolute Gasteiger partial charge is 0.497 e. The number of hydrogen-bond acceptors (Lipinski definition) is 3. The van der Waals surface area contributed by atoms with E-state index in [4.69, 9.17) is 9.47 Å². The molecule has 1 N–H and O–H groups in total. The number of aliphatic hydroxyl groups excluding tert-OH is 1. The summed E-state index contributed by atoms with van der Waals surface area (Å²) in [5, 5.41) is 10.9. The highest BCUT2D eigenvalue weighted by Gasteiger charge is 2.41. The molecular formula is C21H28O3. The Bertz CT molecular complexity index is 657. The first-order valence-corrected chi connectivity index (χ1v) is 8.77. The molecule has 0 aromatic heterocycles. The highest BCUT2D eigenvalue weighted by molar-refractivity contribution is 5.46. The van der Waals surface area contributed by atoms with Gasteiger partial charge in [0.1, 0.15) is 11.5 Å². The van der Waals surface area contributed by atoms with Crippen LogP contribution in [0.15, 0.2) is 42.0 Å². The lowest BCUT2D eigenvalue weighted by molar-refractivity contribution is 0.140. The van der Waals surface area contributed by atoms with Gasteiger partial charge in [0.2, 0.25) is 0 Å². The first kappa shape index (κ1) is 17.1. The lowest BCUT2D eigenvalue weighted by Gasteiger charge is -2.43. The minimum Gasteiger partial charge on any atom is -0.497 e. The third-order valence-corrected chi connectivity index (χ3v) is 5.68. The maximum absolute atomic E-state index is 10.9. The van der Waals surface area contributed by atoms with Gasteiger partial charge < -0.3 is 14.6 Å². The van der Waals surface area contributed by atoms with Gasteiger partial charge in [0.15, 0.2) is 0 Å². The van der Waals surface area contributed by atoms with E-state index in [1.165, 1.54) is 18.4 Å². The predicted molar refractivity (Wildman–Crippen MR) is 96.6 cm³/mol. The fourth-order valence-electron chi connectivity index (χ4n) is 4.42. The van der Waals surface area contributed by atoms with Gasteiger partial charge in [-0.2, -0.15) is 0 Å². The average molecular weight is 328 g/mol. The van der Waals surface area contributed by atoms with Crippen molar-refractivity contribution in [3.8, 4) is 11.5 Å². The van der Waals surface area contributed by atoms with Crippen LogP contribution in [0.25, 0.3) is 0 Å². The molecule has 0 radical (unpaired) electrons. The van der Waals surface area contributed by atoms with E-state index in [0.29, 0.717) is 5.92 Å². The van der Waals surface area contributed by atoms with E-state index in [1.54, 1.807) is 14.2 Å². The fraction of sp³-hybridized carbons (Fsp3) is 0.524. The Kier molecular flexibility index (Phi) is 4.73. The van der Waals surface area contributed by atoms with Gasteiger partial charge in [-0.1, -0.05) is 44.1 Å². The Hall–Kier alpha value is -1.74. The molecule has 0 unspecified atom stereocenters. The number of ether oxygens (including phenoxy) is 2. The van der Waals surface area contributed by atoms with Crippen molar-refractivity contribution in [3.05, 3.63) is 47.6 Å². The van der Waals surface area contributed by atoms with E-state index < -0.39 is 6.10 Å². The number of rotatable bonds is 3. The van der Waals surface area contributed by atoms with Crippen LogP contribution in [0.4, 0.5) is 0 Å². The lowest BCUT2D eigenvalue weighted by atomic mass is 9.62. The van der Waals surface area contributed by atoms with Crippen LogP contribution in [0.5, 0.6) is 11.5 Å². The highest BCUT2D eigenvalue weighted by atomic mass is 16.5. The van der Waals surface area contributed by atoms with E-state index in [9.17, 15) is 5.11 Å². The van der Waals surface area contributed by atoms with Crippen LogP contribution in [0.2, 0.25) is 0 Å². The Balaban J connectivity index is 2.11. The zero-order chi connectivity index (χ0) is 17.3. The zero-order valence-electron chi connectivity index (χ0n) is 15.1. The molecule has 2 aliphatic carbocycles. The normalized spacial score (nSPS) is 28.5. The molecule has 2 aliphatic rings. The molecule has 3 nitrogen and oxygen atoms in total. The number of allylic oxidation sites excluding steroid dienone is 3. The maximum Gasteiger partial charge on any atom is 0.122 e. The molecule has 3 heteroatoms. The van der Waals surface area contributed by atoms with Gasteiger partial charge in [0.25, 0.3) is 0 Å². The number of aliphatic hydroxyl groups is 1. The fourth-order valence-corrected chi connectivity index (χ4v) is 4.42. The molecule has 0 spiro atoms. The molecule has 0 saturated heterocycles. The van der Waals surface area contributed by atoms with Gasteiger partial charge in [-0.3, -0.25) is 0 Å². The molecule has 0 aliphatic heterocycles. The van der Waals surface area contributed by atoms with Crippen molar-refractivity contribution in [1.29, 1.82) is 0 Å². The van der Waals surface area contributed by atoms with E-state index in [2.05, 4.69) is 19.9 Å². The second-order valence-corrected chi connectivity index (χ2v) is 7.51. The smallest absolute Gasteiger partial charge is 0.122 e. The summed E-state index contributed by atoms with van der Waals surface area (Å²) in [4.78, 5) is 0. The molecule has 0 heterocycles. The molecule has 3 atom stereocenters. The van der Waals surface area contributed by atoms with Crippen molar-refractivity contribution in [2.75, 3.05) is 14.2 Å².